The first-order valence-electron chi connectivity index (χ1n) is 14.1. The zero-order valence-electron chi connectivity index (χ0n) is 22.7. The molecule has 192 valence electrons. The molecule has 0 spiro atoms. The van der Waals surface area contributed by atoms with Crippen LogP contribution in [0.2, 0.25) is 0 Å². The molecular formula is C37H24N4. The van der Waals surface area contributed by atoms with E-state index in [4.69, 9.17) is 4.98 Å². The fourth-order valence-corrected chi connectivity index (χ4v) is 6.86. The third-order valence-electron chi connectivity index (χ3n) is 8.77. The maximum absolute atomic E-state index is 9.77. The van der Waals surface area contributed by atoms with Crippen molar-refractivity contribution in [1.82, 2.24) is 13.8 Å². The van der Waals surface area contributed by atoms with Gasteiger partial charge in [-0.15, -0.1) is 0 Å². The van der Waals surface area contributed by atoms with Gasteiger partial charge in [-0.1, -0.05) is 68.4 Å². The minimum atomic E-state index is 0.323. The molecule has 0 atom stereocenters. The van der Waals surface area contributed by atoms with Gasteiger partial charge in [0.15, 0.2) is 0 Å². The second-order valence-corrected chi connectivity index (χ2v) is 11.4. The Morgan fingerprint density at radius 2 is 1.34 bits per heavy atom. The molecule has 3 aromatic heterocycles. The number of aromatic nitrogens is 3. The zero-order chi connectivity index (χ0) is 27.4. The van der Waals surface area contributed by atoms with Crippen molar-refractivity contribution >= 4 is 65.7 Å². The van der Waals surface area contributed by atoms with Crippen molar-refractivity contribution in [2.45, 2.75) is 19.8 Å². The van der Waals surface area contributed by atoms with E-state index < -0.39 is 0 Å². The summed E-state index contributed by atoms with van der Waals surface area (Å²) in [5.41, 5.74) is 9.70. The molecule has 4 nitrogen and oxygen atoms in total. The minimum absolute atomic E-state index is 0.323. The van der Waals surface area contributed by atoms with Gasteiger partial charge in [0, 0.05) is 10.8 Å². The largest absolute Gasteiger partial charge is 0.277 e. The Bertz CT molecular complexity index is 2570. The van der Waals surface area contributed by atoms with Gasteiger partial charge < -0.3 is 0 Å². The van der Waals surface area contributed by atoms with Crippen LogP contribution in [-0.4, -0.2) is 13.8 Å². The summed E-state index contributed by atoms with van der Waals surface area (Å²) < 4.78 is 4.67. The van der Waals surface area contributed by atoms with Crippen LogP contribution in [0, 0.1) is 11.3 Å². The summed E-state index contributed by atoms with van der Waals surface area (Å²) in [6.07, 6.45) is 0. The Morgan fingerprint density at radius 1 is 0.659 bits per heavy atom. The lowest BCUT2D eigenvalue weighted by molar-refractivity contribution is 0.869. The van der Waals surface area contributed by atoms with Gasteiger partial charge in [0.1, 0.15) is 0 Å². The maximum Gasteiger partial charge on any atom is 0.220 e. The molecule has 0 amide bonds. The number of nitrogens with zero attached hydrogens (tertiary/aromatic N) is 4. The predicted octanol–water partition coefficient (Wildman–Crippen LogP) is 9.45. The Hall–Kier alpha value is -5.40. The van der Waals surface area contributed by atoms with Crippen molar-refractivity contribution in [3.05, 3.63) is 114 Å². The maximum atomic E-state index is 9.77. The van der Waals surface area contributed by atoms with E-state index in [9.17, 15) is 5.26 Å². The highest BCUT2D eigenvalue weighted by Crippen LogP contribution is 2.42. The first kappa shape index (κ1) is 22.4. The lowest BCUT2D eigenvalue weighted by Crippen LogP contribution is -1.94. The smallest absolute Gasteiger partial charge is 0.220 e. The van der Waals surface area contributed by atoms with Crippen LogP contribution < -0.4 is 0 Å². The highest BCUT2D eigenvalue weighted by atomic mass is 15.2. The van der Waals surface area contributed by atoms with Crippen LogP contribution in [0.15, 0.2) is 103 Å². The SMILES string of the molecule is CC(C)c1ccc(C#N)cc1-c1cc2c3cc4ccccc4cc3n3c2c(c1)n1c2cc4ccccc4cc2nc13. The van der Waals surface area contributed by atoms with Crippen molar-refractivity contribution in [2.24, 2.45) is 0 Å². The fraction of sp³-hybridized carbons (Fsp3) is 0.0811. The second kappa shape index (κ2) is 7.84. The minimum Gasteiger partial charge on any atom is -0.277 e. The summed E-state index contributed by atoms with van der Waals surface area (Å²) in [7, 11) is 0. The van der Waals surface area contributed by atoms with Gasteiger partial charge in [-0.3, -0.25) is 8.80 Å². The molecule has 0 aliphatic heterocycles. The molecule has 0 aliphatic carbocycles. The van der Waals surface area contributed by atoms with Crippen LogP contribution in [0.5, 0.6) is 0 Å². The molecule has 41 heavy (non-hydrogen) atoms. The van der Waals surface area contributed by atoms with E-state index in [-0.39, 0.29) is 0 Å². The lowest BCUT2D eigenvalue weighted by atomic mass is 9.90. The van der Waals surface area contributed by atoms with Crippen molar-refractivity contribution in [3.63, 3.8) is 0 Å². The van der Waals surface area contributed by atoms with Gasteiger partial charge in [0.05, 0.1) is 39.2 Å². The van der Waals surface area contributed by atoms with Crippen molar-refractivity contribution in [2.75, 3.05) is 0 Å². The van der Waals surface area contributed by atoms with Gasteiger partial charge in [-0.2, -0.15) is 5.26 Å². The third-order valence-corrected chi connectivity index (χ3v) is 8.77. The number of benzene rings is 6. The van der Waals surface area contributed by atoms with Crippen LogP contribution in [-0.2, 0) is 0 Å². The summed E-state index contributed by atoms with van der Waals surface area (Å²) in [6, 6.07) is 39.2. The summed E-state index contributed by atoms with van der Waals surface area (Å²) in [4.78, 5) is 5.24. The van der Waals surface area contributed by atoms with Crippen LogP contribution in [0.1, 0.15) is 30.9 Å². The van der Waals surface area contributed by atoms with Crippen molar-refractivity contribution in [1.29, 1.82) is 5.26 Å². The molecule has 3 heterocycles. The molecule has 9 aromatic rings. The monoisotopic (exact) mass is 524 g/mol. The van der Waals surface area contributed by atoms with Crippen LogP contribution in [0.3, 0.4) is 0 Å². The number of fused-ring (bicyclic) bond motifs is 10. The van der Waals surface area contributed by atoms with Crippen LogP contribution in [0.25, 0.3) is 76.8 Å². The molecular weight excluding hydrogens is 500 g/mol. The van der Waals surface area contributed by atoms with Gasteiger partial charge in [0.2, 0.25) is 5.78 Å². The molecule has 0 radical (unpaired) electrons. The summed E-state index contributed by atoms with van der Waals surface area (Å²) in [5.74, 6) is 1.25. The van der Waals surface area contributed by atoms with E-state index in [0.29, 0.717) is 11.5 Å². The van der Waals surface area contributed by atoms with E-state index >= 15 is 0 Å². The molecule has 0 saturated carbocycles. The Morgan fingerprint density at radius 3 is 2.05 bits per heavy atom. The summed E-state index contributed by atoms with van der Waals surface area (Å²) in [6.45, 7) is 4.43. The second-order valence-electron chi connectivity index (χ2n) is 11.4. The number of imidazole rings is 2. The molecule has 9 rings (SSSR count). The average Bonchev–Trinajstić information content (AvgIpc) is 3.63. The lowest BCUT2D eigenvalue weighted by Gasteiger charge is -2.14. The molecule has 0 fully saturated rings. The van der Waals surface area contributed by atoms with Crippen LogP contribution in [0.4, 0.5) is 0 Å². The van der Waals surface area contributed by atoms with E-state index in [1.165, 1.54) is 43.4 Å². The highest BCUT2D eigenvalue weighted by molar-refractivity contribution is 6.20. The van der Waals surface area contributed by atoms with Crippen molar-refractivity contribution < 1.29 is 0 Å². The molecule has 6 aromatic carbocycles. The van der Waals surface area contributed by atoms with Gasteiger partial charge >= 0.3 is 0 Å². The Balaban J connectivity index is 1.52. The zero-order valence-corrected chi connectivity index (χ0v) is 22.7. The fourth-order valence-electron chi connectivity index (χ4n) is 6.86. The first-order chi connectivity index (χ1) is 20.1. The molecule has 0 N–H and O–H groups in total. The topological polar surface area (TPSA) is 45.5 Å². The molecule has 0 aliphatic rings. The molecule has 0 saturated heterocycles. The average molecular weight is 525 g/mol. The predicted molar refractivity (Wildman–Crippen MR) is 169 cm³/mol. The molecule has 4 heteroatoms. The number of rotatable bonds is 2. The molecule has 0 bridgehead atoms. The van der Waals surface area contributed by atoms with Crippen molar-refractivity contribution in [3.8, 4) is 17.2 Å². The summed E-state index contributed by atoms with van der Waals surface area (Å²) >= 11 is 0. The molecule has 0 unspecified atom stereocenters. The van der Waals surface area contributed by atoms with Gasteiger partial charge in [-0.25, -0.2) is 4.98 Å². The summed E-state index contributed by atoms with van der Waals surface area (Å²) in [5, 5.41) is 17.0. The van der Waals surface area contributed by atoms with E-state index in [1.807, 2.05) is 12.1 Å². The first-order valence-corrected chi connectivity index (χ1v) is 14.1. The third kappa shape index (κ3) is 2.95. The highest BCUT2D eigenvalue weighted by Gasteiger charge is 2.23. The van der Waals surface area contributed by atoms with Gasteiger partial charge in [-0.05, 0) is 92.7 Å². The quantitative estimate of drug-likeness (QED) is 0.226. The van der Waals surface area contributed by atoms with E-state index in [2.05, 4.69) is 120 Å². The Kier molecular flexibility index (Phi) is 4.29. The van der Waals surface area contributed by atoms with Gasteiger partial charge in [0.25, 0.3) is 0 Å². The normalized spacial score (nSPS) is 12.3. The van der Waals surface area contributed by atoms with E-state index in [1.54, 1.807) is 0 Å². The Labute approximate surface area is 235 Å². The standard InChI is InChI=1S/C37H24N4/c1-21(2)28-12-11-22(20-38)13-29(28)27-15-31-30-14-23-7-3-5-9-25(23)17-33(30)41-36(31)35(19-27)40-34-18-26-10-6-4-8-24(26)16-32(34)39-37(40)41/h3-19,21H,1-2H3. The number of hydrogen-bond acceptors (Lipinski definition) is 2. The number of nitriles is 1. The van der Waals surface area contributed by atoms with Crippen LogP contribution >= 0.6 is 0 Å². The number of hydrogen-bond donors (Lipinski definition) is 0. The van der Waals surface area contributed by atoms with E-state index in [0.717, 1.165) is 39.0 Å².